The zero-order valence-corrected chi connectivity index (χ0v) is 20.6. The maximum absolute atomic E-state index is 12.8. The van der Waals surface area contributed by atoms with Crippen molar-refractivity contribution in [3.05, 3.63) is 66.0 Å². The van der Waals surface area contributed by atoms with Gasteiger partial charge in [0.05, 0.1) is 11.0 Å². The van der Waals surface area contributed by atoms with Crippen LogP contribution in [0.3, 0.4) is 0 Å². The summed E-state index contributed by atoms with van der Waals surface area (Å²) in [5, 5.41) is 3.03. The van der Waals surface area contributed by atoms with Gasteiger partial charge in [-0.05, 0) is 43.4 Å². The second-order valence-corrected chi connectivity index (χ2v) is 8.92. The van der Waals surface area contributed by atoms with Crippen molar-refractivity contribution in [2.24, 2.45) is 0 Å². The molecular weight excluding hydrogens is 424 g/mol. The monoisotopic (exact) mass is 462 g/mol. The number of para-hydroxylation sites is 2. The fraction of sp³-hybridized carbons (Fsp3) is 0.464. The normalized spacial score (nSPS) is 11.0. The Bertz CT molecular complexity index is 1050. The Morgan fingerprint density at radius 1 is 0.941 bits per heavy atom. The lowest BCUT2D eigenvalue weighted by Gasteiger charge is -2.18. The van der Waals surface area contributed by atoms with Crippen LogP contribution in [0.1, 0.15) is 56.8 Å². The number of rotatable bonds is 14. The highest BCUT2D eigenvalue weighted by Gasteiger charge is 2.15. The predicted molar refractivity (Wildman–Crippen MR) is 138 cm³/mol. The number of unbranched alkanes of at least 4 members (excludes halogenated alkanes) is 3. The third-order valence-electron chi connectivity index (χ3n) is 6.18. The summed E-state index contributed by atoms with van der Waals surface area (Å²) in [6.45, 7) is 3.95. The molecule has 0 unspecified atom stereocenters. The Hall–Kier alpha value is -3.15. The van der Waals surface area contributed by atoms with E-state index in [4.69, 9.17) is 4.98 Å². The number of hydrogen-bond acceptors (Lipinski definition) is 3. The lowest BCUT2D eigenvalue weighted by Crippen LogP contribution is -2.31. The van der Waals surface area contributed by atoms with Crippen LogP contribution in [0.4, 0.5) is 0 Å². The summed E-state index contributed by atoms with van der Waals surface area (Å²) in [4.78, 5) is 31.5. The van der Waals surface area contributed by atoms with Crippen LogP contribution in [0.15, 0.2) is 54.6 Å². The molecule has 0 fully saturated rings. The van der Waals surface area contributed by atoms with Gasteiger partial charge in [0.2, 0.25) is 11.8 Å². The number of hydrogen-bond donors (Lipinski definition) is 1. The van der Waals surface area contributed by atoms with E-state index in [2.05, 4.69) is 28.9 Å². The molecule has 0 atom stereocenters. The third kappa shape index (κ3) is 7.72. The Labute approximate surface area is 203 Å². The van der Waals surface area contributed by atoms with Gasteiger partial charge in [-0.25, -0.2) is 4.98 Å². The van der Waals surface area contributed by atoms with E-state index in [9.17, 15) is 9.59 Å². The SMILES string of the molecule is CCCCN(C)C(=O)Cn1c(CCCCCNC(=O)CCc2ccccc2)nc2ccccc21. The Kier molecular flexibility index (Phi) is 10.1. The van der Waals surface area contributed by atoms with Crippen LogP contribution in [0.2, 0.25) is 0 Å². The number of aryl methyl sites for hydroxylation is 2. The van der Waals surface area contributed by atoms with Gasteiger partial charge in [-0.3, -0.25) is 9.59 Å². The Morgan fingerprint density at radius 3 is 2.50 bits per heavy atom. The largest absolute Gasteiger partial charge is 0.356 e. The molecule has 0 saturated heterocycles. The first-order valence-corrected chi connectivity index (χ1v) is 12.6. The molecule has 6 nitrogen and oxygen atoms in total. The number of carbonyl (C=O) groups excluding carboxylic acids is 2. The summed E-state index contributed by atoms with van der Waals surface area (Å²) < 4.78 is 2.07. The molecule has 34 heavy (non-hydrogen) atoms. The summed E-state index contributed by atoms with van der Waals surface area (Å²) in [6.07, 6.45) is 7.13. The molecule has 0 aliphatic heterocycles. The number of nitrogens with one attached hydrogen (secondary N) is 1. The lowest BCUT2D eigenvalue weighted by atomic mass is 10.1. The van der Waals surface area contributed by atoms with Crippen molar-refractivity contribution in [1.29, 1.82) is 0 Å². The van der Waals surface area contributed by atoms with Crippen molar-refractivity contribution < 1.29 is 9.59 Å². The van der Waals surface area contributed by atoms with Crippen LogP contribution >= 0.6 is 0 Å². The molecule has 182 valence electrons. The maximum atomic E-state index is 12.8. The molecule has 1 N–H and O–H groups in total. The molecule has 0 aliphatic carbocycles. The van der Waals surface area contributed by atoms with Gasteiger partial charge in [-0.15, -0.1) is 0 Å². The van der Waals surface area contributed by atoms with Crippen LogP contribution in [-0.2, 0) is 29.0 Å². The van der Waals surface area contributed by atoms with Gasteiger partial charge in [-0.2, -0.15) is 0 Å². The van der Waals surface area contributed by atoms with Crippen molar-refractivity contribution >= 4 is 22.8 Å². The summed E-state index contributed by atoms with van der Waals surface area (Å²) in [5.41, 5.74) is 3.14. The van der Waals surface area contributed by atoms with Crippen molar-refractivity contribution in [1.82, 2.24) is 19.8 Å². The number of imidazole rings is 1. The van der Waals surface area contributed by atoms with Crippen LogP contribution in [0.25, 0.3) is 11.0 Å². The second kappa shape index (κ2) is 13.5. The van der Waals surface area contributed by atoms with Crippen molar-refractivity contribution in [2.45, 2.75) is 64.8 Å². The molecule has 0 spiro atoms. The van der Waals surface area contributed by atoms with Gasteiger partial charge in [0.25, 0.3) is 0 Å². The topological polar surface area (TPSA) is 67.2 Å². The van der Waals surface area contributed by atoms with E-state index in [0.29, 0.717) is 19.5 Å². The second-order valence-electron chi connectivity index (χ2n) is 8.92. The number of nitrogens with zero attached hydrogens (tertiary/aromatic N) is 3. The zero-order chi connectivity index (χ0) is 24.2. The number of carbonyl (C=O) groups is 2. The van der Waals surface area contributed by atoms with E-state index in [1.807, 2.05) is 54.4 Å². The summed E-state index contributed by atoms with van der Waals surface area (Å²) in [6, 6.07) is 18.1. The van der Waals surface area contributed by atoms with E-state index in [1.165, 1.54) is 5.56 Å². The van der Waals surface area contributed by atoms with Crippen LogP contribution in [-0.4, -0.2) is 46.4 Å². The summed E-state index contributed by atoms with van der Waals surface area (Å²) in [7, 11) is 1.88. The van der Waals surface area contributed by atoms with Crippen molar-refractivity contribution in [2.75, 3.05) is 20.1 Å². The average Bonchev–Trinajstić information content (AvgIpc) is 3.21. The van der Waals surface area contributed by atoms with Gasteiger partial charge in [0, 0.05) is 33.0 Å². The molecule has 0 bridgehead atoms. The van der Waals surface area contributed by atoms with Crippen LogP contribution in [0, 0.1) is 0 Å². The van der Waals surface area contributed by atoms with E-state index in [0.717, 1.165) is 68.3 Å². The number of amides is 2. The zero-order valence-electron chi connectivity index (χ0n) is 20.6. The molecule has 0 aliphatic rings. The average molecular weight is 463 g/mol. The molecule has 3 aromatic rings. The van der Waals surface area contributed by atoms with Gasteiger partial charge in [0.1, 0.15) is 12.4 Å². The molecule has 1 heterocycles. The van der Waals surface area contributed by atoms with Crippen molar-refractivity contribution in [3.63, 3.8) is 0 Å². The third-order valence-corrected chi connectivity index (χ3v) is 6.18. The van der Waals surface area contributed by atoms with Gasteiger partial charge >= 0.3 is 0 Å². The van der Waals surface area contributed by atoms with Gasteiger partial charge in [-0.1, -0.05) is 62.2 Å². The number of fused-ring (bicyclic) bond motifs is 1. The molecule has 1 aromatic heterocycles. The Balaban J connectivity index is 1.44. The minimum absolute atomic E-state index is 0.108. The molecule has 0 saturated carbocycles. The number of benzene rings is 2. The van der Waals surface area contributed by atoms with Crippen LogP contribution in [0.5, 0.6) is 0 Å². The first-order valence-electron chi connectivity index (χ1n) is 12.6. The molecular formula is C28H38N4O2. The van der Waals surface area contributed by atoms with Crippen molar-refractivity contribution in [3.8, 4) is 0 Å². The first kappa shape index (κ1) is 25.5. The molecule has 6 heteroatoms. The maximum Gasteiger partial charge on any atom is 0.242 e. The molecule has 2 aromatic carbocycles. The quantitative estimate of drug-likeness (QED) is 0.351. The standard InChI is InChI=1S/C28H38N4O2/c1-3-4-21-31(2)28(34)22-32-25-16-11-10-15-24(25)30-26(32)17-9-6-12-20-29-27(33)19-18-23-13-7-5-8-14-23/h5,7-8,10-11,13-16H,3-4,6,9,12,17-22H2,1-2H3,(H,29,33). The number of likely N-dealkylation sites (N-methyl/N-ethyl adjacent to an activating group) is 1. The smallest absolute Gasteiger partial charge is 0.242 e. The Morgan fingerprint density at radius 2 is 1.71 bits per heavy atom. The molecule has 3 rings (SSSR count). The minimum Gasteiger partial charge on any atom is -0.356 e. The fourth-order valence-corrected chi connectivity index (χ4v) is 4.07. The van der Waals surface area contributed by atoms with E-state index >= 15 is 0 Å². The summed E-state index contributed by atoms with van der Waals surface area (Å²) >= 11 is 0. The van der Waals surface area contributed by atoms with Gasteiger partial charge in [0.15, 0.2) is 0 Å². The highest BCUT2D eigenvalue weighted by Crippen LogP contribution is 2.18. The highest BCUT2D eigenvalue weighted by atomic mass is 16.2. The van der Waals surface area contributed by atoms with E-state index < -0.39 is 0 Å². The van der Waals surface area contributed by atoms with Gasteiger partial charge < -0.3 is 14.8 Å². The predicted octanol–water partition coefficient (Wildman–Crippen LogP) is 4.76. The first-order chi connectivity index (χ1) is 16.6. The summed E-state index contributed by atoms with van der Waals surface area (Å²) in [5.74, 6) is 1.19. The lowest BCUT2D eigenvalue weighted by molar-refractivity contribution is -0.130. The van der Waals surface area contributed by atoms with Crippen LogP contribution < -0.4 is 5.32 Å². The van der Waals surface area contributed by atoms with E-state index in [-0.39, 0.29) is 11.8 Å². The fourth-order valence-electron chi connectivity index (χ4n) is 4.07. The minimum atomic E-state index is 0.108. The highest BCUT2D eigenvalue weighted by molar-refractivity contribution is 5.81. The molecule has 0 radical (unpaired) electrons. The molecule has 2 amide bonds. The number of aromatic nitrogens is 2. The van der Waals surface area contributed by atoms with E-state index in [1.54, 1.807) is 0 Å².